The van der Waals surface area contributed by atoms with Gasteiger partial charge in [-0.05, 0) is 17.2 Å². The van der Waals surface area contributed by atoms with Crippen molar-refractivity contribution in [3.63, 3.8) is 0 Å². The molecule has 1 fully saturated rings. The Morgan fingerprint density at radius 3 is 1.93 bits per heavy atom. The Morgan fingerprint density at radius 1 is 0.828 bits per heavy atom. The highest BCUT2D eigenvalue weighted by Crippen LogP contribution is 2.35. The fourth-order valence-corrected chi connectivity index (χ4v) is 3.28. The molecular weight excluding hydrogens is 372 g/mol. The summed E-state index contributed by atoms with van der Waals surface area (Å²) in [6, 6.07) is 19.3. The normalized spacial score (nSPS) is 15.1. The van der Waals surface area contributed by atoms with E-state index in [9.17, 15) is 19.2 Å². The number of benzene rings is 2. The van der Waals surface area contributed by atoms with Crippen LogP contribution in [0.1, 0.15) is 21.5 Å². The van der Waals surface area contributed by atoms with Gasteiger partial charge in [-0.25, -0.2) is 4.79 Å². The Hall–Kier alpha value is -4.20. The first-order valence-electron chi connectivity index (χ1n) is 8.80. The summed E-state index contributed by atoms with van der Waals surface area (Å²) >= 11 is 0. The number of aromatic nitrogens is 1. The summed E-state index contributed by atoms with van der Waals surface area (Å²) in [5.74, 6) is -1.35. The summed E-state index contributed by atoms with van der Waals surface area (Å²) in [6.45, 7) is 0. The average Bonchev–Trinajstić information content (AvgIpc) is 3.01. The van der Waals surface area contributed by atoms with E-state index in [4.69, 9.17) is 0 Å². The smallest absolute Gasteiger partial charge is 0.328 e. The van der Waals surface area contributed by atoms with Crippen LogP contribution in [-0.2, 0) is 10.3 Å². The molecule has 0 radical (unpaired) electrons. The highest BCUT2D eigenvalue weighted by molar-refractivity contribution is 6.11. The second-order valence-corrected chi connectivity index (χ2v) is 6.44. The molecule has 4 amide bonds. The predicted octanol–water partition coefficient (Wildman–Crippen LogP) is 1.52. The van der Waals surface area contributed by atoms with E-state index in [1.807, 2.05) is 0 Å². The van der Waals surface area contributed by atoms with Gasteiger partial charge >= 0.3 is 6.03 Å². The van der Waals surface area contributed by atoms with Crippen LogP contribution in [0.25, 0.3) is 0 Å². The molecule has 29 heavy (non-hydrogen) atoms. The van der Waals surface area contributed by atoms with Crippen molar-refractivity contribution in [2.75, 3.05) is 0 Å². The van der Waals surface area contributed by atoms with Gasteiger partial charge in [-0.1, -0.05) is 60.7 Å². The first-order valence-corrected chi connectivity index (χ1v) is 8.80. The van der Waals surface area contributed by atoms with Gasteiger partial charge in [-0.2, -0.15) is 5.01 Å². The highest BCUT2D eigenvalue weighted by atomic mass is 16.2. The summed E-state index contributed by atoms with van der Waals surface area (Å²) in [5.41, 5.74) is 1.69. The van der Waals surface area contributed by atoms with Crippen LogP contribution in [0.15, 0.2) is 83.8 Å². The second kappa shape index (κ2) is 7.08. The van der Waals surface area contributed by atoms with Gasteiger partial charge in [-0.3, -0.25) is 19.8 Å². The van der Waals surface area contributed by atoms with E-state index >= 15 is 0 Å². The molecule has 4 rings (SSSR count). The number of rotatable bonds is 4. The molecule has 2 aromatic carbocycles. The van der Waals surface area contributed by atoms with Crippen LogP contribution < -0.4 is 16.3 Å². The summed E-state index contributed by atoms with van der Waals surface area (Å²) in [4.78, 5) is 52.2. The molecule has 3 aromatic rings. The Kier molecular flexibility index (Phi) is 4.44. The fourth-order valence-electron chi connectivity index (χ4n) is 3.28. The van der Waals surface area contributed by atoms with Crippen molar-refractivity contribution >= 4 is 17.8 Å². The zero-order valence-electron chi connectivity index (χ0n) is 15.1. The van der Waals surface area contributed by atoms with Crippen molar-refractivity contribution in [2.45, 2.75) is 5.54 Å². The summed E-state index contributed by atoms with van der Waals surface area (Å²) in [5, 5.41) is 3.39. The number of nitrogens with zero attached hydrogens (tertiary/aromatic N) is 1. The molecule has 0 unspecified atom stereocenters. The Morgan fingerprint density at radius 2 is 1.41 bits per heavy atom. The quantitative estimate of drug-likeness (QED) is 0.588. The predicted molar refractivity (Wildman–Crippen MR) is 104 cm³/mol. The number of pyridine rings is 1. The molecule has 8 heteroatoms. The minimum atomic E-state index is -1.47. The third-order valence-corrected chi connectivity index (χ3v) is 4.69. The zero-order chi connectivity index (χ0) is 20.4. The van der Waals surface area contributed by atoms with Gasteiger partial charge in [0.2, 0.25) is 5.56 Å². The van der Waals surface area contributed by atoms with Crippen LogP contribution in [0, 0.1) is 0 Å². The molecule has 0 spiro atoms. The minimum absolute atomic E-state index is 0.0992. The number of amides is 4. The van der Waals surface area contributed by atoms with Crippen LogP contribution in [0.4, 0.5) is 4.79 Å². The zero-order valence-corrected chi connectivity index (χ0v) is 15.1. The van der Waals surface area contributed by atoms with Gasteiger partial charge in [0.15, 0.2) is 5.54 Å². The lowest BCUT2D eigenvalue weighted by Crippen LogP contribution is -2.49. The van der Waals surface area contributed by atoms with Crippen LogP contribution >= 0.6 is 0 Å². The van der Waals surface area contributed by atoms with E-state index in [-0.39, 0.29) is 11.1 Å². The molecule has 144 valence electrons. The van der Waals surface area contributed by atoms with E-state index in [1.165, 1.54) is 18.3 Å². The molecule has 0 saturated carbocycles. The molecule has 3 N–H and O–H groups in total. The summed E-state index contributed by atoms with van der Waals surface area (Å²) < 4.78 is 0. The Bertz CT molecular complexity index is 1080. The SMILES string of the molecule is O=C(NN1C(=O)NC(c2ccccc2)(c2ccccc2)C1=O)c1ccc(=O)[nH]c1. The topological polar surface area (TPSA) is 111 Å². The van der Waals surface area contributed by atoms with E-state index in [2.05, 4.69) is 15.7 Å². The number of hydrazine groups is 1. The lowest BCUT2D eigenvalue weighted by Gasteiger charge is -2.27. The van der Waals surface area contributed by atoms with Crippen molar-refractivity contribution < 1.29 is 14.4 Å². The Labute approximate surface area is 165 Å². The van der Waals surface area contributed by atoms with Gasteiger partial charge in [0.25, 0.3) is 11.8 Å². The number of hydrogen-bond acceptors (Lipinski definition) is 4. The van der Waals surface area contributed by atoms with Crippen LogP contribution in [0.2, 0.25) is 0 Å². The number of hydrogen-bond donors (Lipinski definition) is 3. The Balaban J connectivity index is 1.73. The van der Waals surface area contributed by atoms with E-state index in [1.54, 1.807) is 60.7 Å². The molecular formula is C21H16N4O4. The molecule has 0 bridgehead atoms. The van der Waals surface area contributed by atoms with Crippen LogP contribution in [-0.4, -0.2) is 27.8 Å². The average molecular weight is 388 g/mol. The first kappa shape index (κ1) is 18.2. The standard InChI is InChI=1S/C21H16N4O4/c26-17-12-11-14(13-22-17)18(27)24-25-19(28)21(23-20(25)29,15-7-3-1-4-8-15)16-9-5-2-6-10-16/h1-13H,(H,22,26)(H,23,29)(H,24,27). The first-order chi connectivity index (χ1) is 14.0. The van der Waals surface area contributed by atoms with Gasteiger partial charge in [0.1, 0.15) is 0 Å². The van der Waals surface area contributed by atoms with Crippen LogP contribution in [0.3, 0.4) is 0 Å². The molecule has 0 aliphatic carbocycles. The lowest BCUT2D eigenvalue weighted by molar-refractivity contribution is -0.131. The number of H-pyrrole nitrogens is 1. The number of aromatic amines is 1. The third kappa shape index (κ3) is 3.06. The van der Waals surface area contributed by atoms with Gasteiger partial charge < -0.3 is 10.3 Å². The minimum Gasteiger partial charge on any atom is -0.328 e. The molecule has 8 nitrogen and oxygen atoms in total. The van der Waals surface area contributed by atoms with Crippen molar-refractivity contribution in [3.8, 4) is 0 Å². The third-order valence-electron chi connectivity index (χ3n) is 4.69. The second-order valence-electron chi connectivity index (χ2n) is 6.44. The fraction of sp³-hybridized carbons (Fsp3) is 0.0476. The lowest BCUT2D eigenvalue weighted by atomic mass is 9.83. The highest BCUT2D eigenvalue weighted by Gasteiger charge is 2.54. The molecule has 0 atom stereocenters. The molecule has 1 aliphatic heterocycles. The molecule has 1 aliphatic rings. The number of carbonyl (C=O) groups is 3. The van der Waals surface area contributed by atoms with Gasteiger partial charge in [0.05, 0.1) is 5.56 Å². The van der Waals surface area contributed by atoms with Crippen molar-refractivity contribution in [3.05, 3.63) is 106 Å². The number of imide groups is 1. The number of nitrogens with one attached hydrogen (secondary N) is 3. The molecule has 1 saturated heterocycles. The number of urea groups is 1. The van der Waals surface area contributed by atoms with Crippen molar-refractivity contribution in [2.24, 2.45) is 0 Å². The molecule has 1 aromatic heterocycles. The van der Waals surface area contributed by atoms with Crippen LogP contribution in [0.5, 0.6) is 0 Å². The van der Waals surface area contributed by atoms with Gasteiger partial charge in [0, 0.05) is 12.3 Å². The van der Waals surface area contributed by atoms with E-state index in [0.717, 1.165) is 0 Å². The van der Waals surface area contributed by atoms with Crippen molar-refractivity contribution in [1.82, 2.24) is 20.7 Å². The maximum atomic E-state index is 13.4. The maximum absolute atomic E-state index is 13.4. The molecule has 2 heterocycles. The van der Waals surface area contributed by atoms with Crippen molar-refractivity contribution in [1.29, 1.82) is 0 Å². The van der Waals surface area contributed by atoms with E-state index < -0.39 is 23.4 Å². The maximum Gasteiger partial charge on any atom is 0.344 e. The monoisotopic (exact) mass is 388 g/mol. The van der Waals surface area contributed by atoms with E-state index in [0.29, 0.717) is 16.1 Å². The summed E-state index contributed by atoms with van der Waals surface area (Å²) in [7, 11) is 0. The number of carbonyl (C=O) groups excluding carboxylic acids is 3. The largest absolute Gasteiger partial charge is 0.344 e. The summed E-state index contributed by atoms with van der Waals surface area (Å²) in [6.07, 6.45) is 1.21. The van der Waals surface area contributed by atoms with Gasteiger partial charge in [-0.15, -0.1) is 0 Å².